The number of hydrogen-bond donors (Lipinski definition) is 4. The molecule has 3 aromatic carbocycles. The van der Waals surface area contributed by atoms with E-state index < -0.39 is 21.8 Å². The smallest absolute Gasteiger partial charge is 0.303 e. The molecule has 252 valence electrons. The van der Waals surface area contributed by atoms with Crippen LogP contribution in [0, 0.1) is 5.82 Å². The Morgan fingerprint density at radius 3 is 2.44 bits per heavy atom. The summed E-state index contributed by atoms with van der Waals surface area (Å²) in [7, 11) is -3.02. The lowest BCUT2D eigenvalue weighted by Crippen LogP contribution is -2.21. The van der Waals surface area contributed by atoms with Gasteiger partial charge in [0.05, 0.1) is 35.7 Å². The Balaban J connectivity index is 0.000000579. The normalized spacial score (nSPS) is 11.1. The van der Waals surface area contributed by atoms with Crippen molar-refractivity contribution in [3.63, 3.8) is 0 Å². The lowest BCUT2D eigenvalue weighted by Gasteiger charge is -2.12. The van der Waals surface area contributed by atoms with Crippen LogP contribution in [0.5, 0.6) is 5.75 Å². The van der Waals surface area contributed by atoms with E-state index in [0.29, 0.717) is 52.5 Å². The van der Waals surface area contributed by atoms with Gasteiger partial charge in [0.15, 0.2) is 0 Å². The Bertz CT molecular complexity index is 1990. The molecule has 0 radical (unpaired) electrons. The van der Waals surface area contributed by atoms with Crippen molar-refractivity contribution < 1.29 is 41.8 Å². The summed E-state index contributed by atoms with van der Waals surface area (Å²) in [5.74, 6) is 0.0197. The third kappa shape index (κ3) is 11.3. The van der Waals surface area contributed by atoms with E-state index in [1.165, 1.54) is 24.7 Å². The van der Waals surface area contributed by atoms with Crippen LogP contribution in [0.2, 0.25) is 5.02 Å². The van der Waals surface area contributed by atoms with Crippen molar-refractivity contribution in [2.24, 2.45) is 0 Å². The Labute approximate surface area is 280 Å². The Kier molecular flexibility index (Phi) is 12.4. The number of sulfone groups is 1. The standard InChI is InChI=1S/C29H26ClFN4O4S.C4H6O4/c1-40(36,37)12-11-32-16-23-7-10-27(39-23)20-5-8-26-24(14-20)29(34-18-33-26)35-22-6-9-28(25(30)15-22)38-17-19-3-2-4-21(31)13-19;5-3(6)1-2-4(7)8/h2-10,13-15,18,32H,11-12,16-17H2,1H3,(H,33,34,35);1-2H2,(H,5,6)(H,7,8). The highest BCUT2D eigenvalue weighted by atomic mass is 35.5. The third-order valence-corrected chi connectivity index (χ3v) is 7.80. The number of hydrogen-bond acceptors (Lipinski definition) is 10. The maximum atomic E-state index is 13.4. The third-order valence-electron chi connectivity index (χ3n) is 6.56. The average molecular weight is 699 g/mol. The van der Waals surface area contributed by atoms with Gasteiger partial charge in [-0.25, -0.2) is 22.8 Å². The molecule has 0 aliphatic carbocycles. The van der Waals surface area contributed by atoms with Crippen LogP contribution < -0.4 is 15.4 Å². The molecule has 0 aliphatic heterocycles. The van der Waals surface area contributed by atoms with Crippen molar-refractivity contribution in [1.29, 1.82) is 0 Å². The number of nitrogens with one attached hydrogen (secondary N) is 2. The second-order valence-corrected chi connectivity index (χ2v) is 13.2. The van der Waals surface area contributed by atoms with Crippen LogP contribution >= 0.6 is 11.6 Å². The van der Waals surface area contributed by atoms with Gasteiger partial charge in [0, 0.05) is 29.4 Å². The summed E-state index contributed by atoms with van der Waals surface area (Å²) in [6.07, 6.45) is 2.10. The number of aliphatic carboxylic acids is 2. The fourth-order valence-corrected chi connectivity index (χ4v) is 4.99. The molecule has 12 nitrogen and oxygen atoms in total. The van der Waals surface area contributed by atoms with E-state index in [1.807, 2.05) is 36.4 Å². The minimum Gasteiger partial charge on any atom is -0.487 e. The quantitative estimate of drug-likeness (QED) is 0.0984. The zero-order valence-electron chi connectivity index (χ0n) is 25.7. The molecule has 0 atom stereocenters. The number of ether oxygens (including phenoxy) is 1. The predicted octanol–water partition coefficient (Wildman–Crippen LogP) is 6.07. The molecule has 0 saturated carbocycles. The highest BCUT2D eigenvalue weighted by molar-refractivity contribution is 7.90. The molecule has 48 heavy (non-hydrogen) atoms. The van der Waals surface area contributed by atoms with E-state index >= 15 is 0 Å². The lowest BCUT2D eigenvalue weighted by atomic mass is 10.1. The summed E-state index contributed by atoms with van der Waals surface area (Å²) in [6.45, 7) is 0.956. The van der Waals surface area contributed by atoms with Gasteiger partial charge in [0.1, 0.15) is 51.7 Å². The molecule has 2 aromatic heterocycles. The maximum Gasteiger partial charge on any atom is 0.303 e. The number of furan rings is 1. The zero-order valence-corrected chi connectivity index (χ0v) is 27.2. The summed E-state index contributed by atoms with van der Waals surface area (Å²) in [5.41, 5.74) is 2.99. The molecule has 0 unspecified atom stereocenters. The van der Waals surface area contributed by atoms with E-state index in [4.69, 9.17) is 31.0 Å². The molecule has 0 bridgehead atoms. The van der Waals surface area contributed by atoms with Crippen molar-refractivity contribution in [2.45, 2.75) is 26.0 Å². The molecular weight excluding hydrogens is 667 g/mol. The van der Waals surface area contributed by atoms with Crippen LogP contribution in [0.4, 0.5) is 15.9 Å². The number of carboxylic acids is 2. The summed E-state index contributed by atoms with van der Waals surface area (Å²) in [5, 5.41) is 23.4. The first-order chi connectivity index (χ1) is 22.9. The molecule has 5 aromatic rings. The number of fused-ring (bicyclic) bond motifs is 1. The number of nitrogens with zero attached hydrogens (tertiary/aromatic N) is 2. The van der Waals surface area contributed by atoms with Crippen molar-refractivity contribution in [3.8, 4) is 17.1 Å². The second-order valence-electron chi connectivity index (χ2n) is 10.5. The molecule has 0 aliphatic rings. The Morgan fingerprint density at radius 2 is 1.75 bits per heavy atom. The first-order valence-corrected chi connectivity index (χ1v) is 16.9. The molecule has 5 rings (SSSR count). The van der Waals surface area contributed by atoms with Crippen molar-refractivity contribution in [3.05, 3.63) is 101 Å². The number of carboxylic acid groups (broad SMARTS) is 2. The fourth-order valence-electron chi connectivity index (χ4n) is 4.24. The minimum atomic E-state index is -3.02. The average Bonchev–Trinajstić information content (AvgIpc) is 3.51. The SMILES string of the molecule is CS(=O)(=O)CCNCc1ccc(-c2ccc3ncnc(Nc4ccc(OCc5cccc(F)c5)c(Cl)c4)c3c2)o1.O=C(O)CCC(=O)O. The molecule has 0 spiro atoms. The highest BCUT2D eigenvalue weighted by Gasteiger charge is 2.12. The van der Waals surface area contributed by atoms with Gasteiger partial charge in [-0.05, 0) is 66.2 Å². The highest BCUT2D eigenvalue weighted by Crippen LogP contribution is 2.33. The predicted molar refractivity (Wildman–Crippen MR) is 179 cm³/mol. The summed E-state index contributed by atoms with van der Waals surface area (Å²) in [4.78, 5) is 28.1. The van der Waals surface area contributed by atoms with Gasteiger partial charge in [-0.3, -0.25) is 9.59 Å². The first kappa shape index (κ1) is 35.8. The van der Waals surface area contributed by atoms with Crippen LogP contribution in [0.3, 0.4) is 0 Å². The second kappa shape index (κ2) is 16.7. The maximum absolute atomic E-state index is 13.4. The molecular formula is C33H32ClFN4O8S. The zero-order chi connectivity index (χ0) is 34.7. The van der Waals surface area contributed by atoms with Gasteiger partial charge in [-0.2, -0.15) is 0 Å². The molecule has 0 saturated heterocycles. The molecule has 0 amide bonds. The molecule has 4 N–H and O–H groups in total. The number of carbonyl (C=O) groups is 2. The van der Waals surface area contributed by atoms with E-state index in [0.717, 1.165) is 16.5 Å². The Morgan fingerprint density at radius 1 is 0.979 bits per heavy atom. The van der Waals surface area contributed by atoms with Gasteiger partial charge >= 0.3 is 11.9 Å². The van der Waals surface area contributed by atoms with E-state index in [2.05, 4.69) is 20.6 Å². The van der Waals surface area contributed by atoms with Crippen LogP contribution in [-0.2, 0) is 32.6 Å². The summed E-state index contributed by atoms with van der Waals surface area (Å²) in [6, 6.07) is 21.0. The van der Waals surface area contributed by atoms with Crippen molar-refractivity contribution >= 4 is 55.8 Å². The van der Waals surface area contributed by atoms with E-state index in [-0.39, 0.29) is 31.0 Å². The van der Waals surface area contributed by atoms with E-state index in [1.54, 1.807) is 24.3 Å². The van der Waals surface area contributed by atoms with Crippen LogP contribution in [0.1, 0.15) is 24.2 Å². The number of halogens is 2. The van der Waals surface area contributed by atoms with Crippen LogP contribution in [0.15, 0.2) is 83.5 Å². The first-order valence-electron chi connectivity index (χ1n) is 14.5. The summed E-state index contributed by atoms with van der Waals surface area (Å²) >= 11 is 6.47. The minimum absolute atomic E-state index is 0.0664. The monoisotopic (exact) mass is 698 g/mol. The van der Waals surface area contributed by atoms with Crippen LogP contribution in [0.25, 0.3) is 22.2 Å². The van der Waals surface area contributed by atoms with Gasteiger partial charge in [0.2, 0.25) is 0 Å². The number of benzene rings is 3. The van der Waals surface area contributed by atoms with Gasteiger partial charge in [-0.1, -0.05) is 23.7 Å². The van der Waals surface area contributed by atoms with Gasteiger partial charge < -0.3 is 30.0 Å². The number of rotatable bonds is 14. The molecule has 2 heterocycles. The topological polar surface area (TPSA) is 181 Å². The van der Waals surface area contributed by atoms with Crippen molar-refractivity contribution in [1.82, 2.24) is 15.3 Å². The molecule has 15 heteroatoms. The Hall–Kier alpha value is -5.05. The molecule has 0 fully saturated rings. The van der Waals surface area contributed by atoms with Gasteiger partial charge in [-0.15, -0.1) is 0 Å². The fraction of sp³-hybridized carbons (Fsp3) is 0.212. The largest absolute Gasteiger partial charge is 0.487 e. The van der Waals surface area contributed by atoms with Gasteiger partial charge in [0.25, 0.3) is 0 Å². The lowest BCUT2D eigenvalue weighted by molar-refractivity contribution is -0.143. The summed E-state index contributed by atoms with van der Waals surface area (Å²) < 4.78 is 47.8. The van der Waals surface area contributed by atoms with Crippen LogP contribution in [-0.4, -0.2) is 59.1 Å². The number of anilines is 2. The number of aromatic nitrogens is 2. The van der Waals surface area contributed by atoms with E-state index in [9.17, 15) is 22.4 Å². The van der Waals surface area contributed by atoms with Crippen molar-refractivity contribution in [2.75, 3.05) is 23.9 Å².